The van der Waals surface area contributed by atoms with Crippen molar-refractivity contribution in [2.45, 2.75) is 13.5 Å². The van der Waals surface area contributed by atoms with E-state index < -0.39 is 0 Å². The summed E-state index contributed by atoms with van der Waals surface area (Å²) in [4.78, 5) is 10.9. The molecule has 0 aliphatic rings. The van der Waals surface area contributed by atoms with Gasteiger partial charge in [-0.2, -0.15) is 0 Å². The third-order valence-corrected chi connectivity index (χ3v) is 3.58. The molecule has 0 aliphatic heterocycles. The molecule has 104 valence electrons. The SMILES string of the molecule is CC(=O)Nc1ccc(CNc2ccc(Cl)cc2Br)cc1. The van der Waals surface area contributed by atoms with Crippen molar-refractivity contribution in [2.75, 3.05) is 10.6 Å². The van der Waals surface area contributed by atoms with E-state index in [0.717, 1.165) is 21.4 Å². The van der Waals surface area contributed by atoms with Gasteiger partial charge in [-0.15, -0.1) is 0 Å². The third-order valence-electron chi connectivity index (χ3n) is 2.69. The van der Waals surface area contributed by atoms with E-state index in [-0.39, 0.29) is 5.91 Å². The number of carbonyl (C=O) groups is 1. The molecule has 2 aromatic carbocycles. The van der Waals surface area contributed by atoms with Gasteiger partial charge in [0.25, 0.3) is 0 Å². The lowest BCUT2D eigenvalue weighted by Gasteiger charge is -2.09. The zero-order valence-electron chi connectivity index (χ0n) is 10.9. The van der Waals surface area contributed by atoms with Crippen LogP contribution in [0.25, 0.3) is 0 Å². The second-order valence-electron chi connectivity index (χ2n) is 4.36. The lowest BCUT2D eigenvalue weighted by atomic mass is 10.2. The number of carbonyl (C=O) groups excluding carboxylic acids is 1. The van der Waals surface area contributed by atoms with Crippen LogP contribution < -0.4 is 10.6 Å². The first-order valence-electron chi connectivity index (χ1n) is 6.10. The molecule has 1 amide bonds. The molecule has 0 bridgehead atoms. The Bertz CT molecular complexity index is 614. The molecule has 0 aliphatic carbocycles. The summed E-state index contributed by atoms with van der Waals surface area (Å²) < 4.78 is 0.930. The van der Waals surface area contributed by atoms with Crippen LogP contribution in [0, 0.1) is 0 Å². The molecule has 0 aromatic heterocycles. The van der Waals surface area contributed by atoms with Crippen LogP contribution in [0.1, 0.15) is 12.5 Å². The number of hydrogen-bond acceptors (Lipinski definition) is 2. The Hall–Kier alpha value is -1.52. The van der Waals surface area contributed by atoms with Crippen LogP contribution in [0.4, 0.5) is 11.4 Å². The molecule has 2 rings (SSSR count). The Balaban J connectivity index is 1.98. The molecular weight excluding hydrogens is 340 g/mol. The van der Waals surface area contributed by atoms with Gasteiger partial charge in [-0.25, -0.2) is 0 Å². The molecule has 5 heteroatoms. The summed E-state index contributed by atoms with van der Waals surface area (Å²) in [6.45, 7) is 2.19. The number of nitrogens with one attached hydrogen (secondary N) is 2. The molecule has 0 heterocycles. The zero-order valence-corrected chi connectivity index (χ0v) is 13.3. The van der Waals surface area contributed by atoms with Crippen LogP contribution in [0.2, 0.25) is 5.02 Å². The number of amides is 1. The van der Waals surface area contributed by atoms with Crippen molar-refractivity contribution < 1.29 is 4.79 Å². The van der Waals surface area contributed by atoms with Gasteiger partial charge in [-0.1, -0.05) is 23.7 Å². The molecule has 0 fully saturated rings. The Morgan fingerprint density at radius 3 is 2.50 bits per heavy atom. The van der Waals surface area contributed by atoms with Crippen molar-refractivity contribution in [1.82, 2.24) is 0 Å². The first-order chi connectivity index (χ1) is 9.54. The Morgan fingerprint density at radius 2 is 1.90 bits per heavy atom. The first-order valence-corrected chi connectivity index (χ1v) is 7.27. The summed E-state index contributed by atoms with van der Waals surface area (Å²) in [6.07, 6.45) is 0. The van der Waals surface area contributed by atoms with Crippen molar-refractivity contribution >= 4 is 44.8 Å². The maximum atomic E-state index is 10.9. The first kappa shape index (κ1) is 14.9. The molecule has 0 unspecified atom stereocenters. The largest absolute Gasteiger partial charge is 0.380 e. The van der Waals surface area contributed by atoms with E-state index >= 15 is 0 Å². The standard InChI is InChI=1S/C15H14BrClN2O/c1-10(20)19-13-5-2-11(3-6-13)9-18-15-7-4-12(17)8-14(15)16/h2-8,18H,9H2,1H3,(H,19,20). The van der Waals surface area contributed by atoms with Gasteiger partial charge in [0, 0.05) is 34.3 Å². The molecule has 0 spiro atoms. The minimum absolute atomic E-state index is 0.0685. The van der Waals surface area contributed by atoms with Crippen molar-refractivity contribution in [3.63, 3.8) is 0 Å². The molecule has 0 radical (unpaired) electrons. The van der Waals surface area contributed by atoms with Gasteiger partial charge < -0.3 is 10.6 Å². The van der Waals surface area contributed by atoms with E-state index in [9.17, 15) is 4.79 Å². The highest BCUT2D eigenvalue weighted by Crippen LogP contribution is 2.26. The van der Waals surface area contributed by atoms with Gasteiger partial charge in [0.2, 0.25) is 5.91 Å². The molecule has 3 nitrogen and oxygen atoms in total. The highest BCUT2D eigenvalue weighted by molar-refractivity contribution is 9.10. The molecule has 0 atom stereocenters. The van der Waals surface area contributed by atoms with Crippen LogP contribution >= 0.6 is 27.5 Å². The minimum Gasteiger partial charge on any atom is -0.380 e. The topological polar surface area (TPSA) is 41.1 Å². The summed E-state index contributed by atoms with van der Waals surface area (Å²) in [5.41, 5.74) is 2.91. The van der Waals surface area contributed by atoms with Gasteiger partial charge in [0.15, 0.2) is 0 Å². The lowest BCUT2D eigenvalue weighted by Crippen LogP contribution is -2.06. The maximum absolute atomic E-state index is 10.9. The van der Waals surface area contributed by atoms with E-state index in [2.05, 4.69) is 26.6 Å². The third kappa shape index (κ3) is 4.25. The summed E-state index contributed by atoms with van der Waals surface area (Å²) in [5, 5.41) is 6.76. The zero-order chi connectivity index (χ0) is 14.5. The van der Waals surface area contributed by atoms with Gasteiger partial charge in [-0.05, 0) is 51.8 Å². The second kappa shape index (κ2) is 6.77. The van der Waals surface area contributed by atoms with Crippen LogP contribution in [0.15, 0.2) is 46.9 Å². The van der Waals surface area contributed by atoms with Crippen LogP contribution in [0.3, 0.4) is 0 Å². The number of rotatable bonds is 4. The van der Waals surface area contributed by atoms with Gasteiger partial charge >= 0.3 is 0 Å². The number of halogens is 2. The number of anilines is 2. The molecule has 0 saturated carbocycles. The quantitative estimate of drug-likeness (QED) is 0.838. The average molecular weight is 354 g/mol. The molecule has 20 heavy (non-hydrogen) atoms. The van der Waals surface area contributed by atoms with Crippen molar-refractivity contribution in [1.29, 1.82) is 0 Å². The predicted octanol–water partition coefficient (Wildman–Crippen LogP) is 4.67. The minimum atomic E-state index is -0.0685. The van der Waals surface area contributed by atoms with E-state index in [1.54, 1.807) is 0 Å². The van der Waals surface area contributed by atoms with Gasteiger partial charge in [0.1, 0.15) is 0 Å². The molecule has 2 N–H and O–H groups in total. The molecular formula is C15H14BrClN2O. The normalized spacial score (nSPS) is 10.2. The van der Waals surface area contributed by atoms with Crippen molar-refractivity contribution in [3.05, 3.63) is 57.5 Å². The van der Waals surface area contributed by atoms with E-state index in [1.807, 2.05) is 42.5 Å². The smallest absolute Gasteiger partial charge is 0.221 e. The van der Waals surface area contributed by atoms with Crippen LogP contribution in [-0.2, 0) is 11.3 Å². The molecule has 0 saturated heterocycles. The lowest BCUT2D eigenvalue weighted by molar-refractivity contribution is -0.114. The monoisotopic (exact) mass is 352 g/mol. The van der Waals surface area contributed by atoms with E-state index in [4.69, 9.17) is 11.6 Å². The van der Waals surface area contributed by atoms with Gasteiger partial charge in [-0.3, -0.25) is 4.79 Å². The fourth-order valence-corrected chi connectivity index (χ4v) is 2.56. The highest BCUT2D eigenvalue weighted by Gasteiger charge is 2.01. The van der Waals surface area contributed by atoms with E-state index in [0.29, 0.717) is 11.6 Å². The summed E-state index contributed by atoms with van der Waals surface area (Å²) in [7, 11) is 0. The van der Waals surface area contributed by atoms with Crippen LogP contribution in [0.5, 0.6) is 0 Å². The maximum Gasteiger partial charge on any atom is 0.221 e. The van der Waals surface area contributed by atoms with Crippen molar-refractivity contribution in [2.24, 2.45) is 0 Å². The number of hydrogen-bond donors (Lipinski definition) is 2. The predicted molar refractivity (Wildman–Crippen MR) is 87.2 cm³/mol. The second-order valence-corrected chi connectivity index (χ2v) is 5.65. The molecule has 2 aromatic rings. The summed E-state index contributed by atoms with van der Waals surface area (Å²) in [5.74, 6) is -0.0685. The van der Waals surface area contributed by atoms with Crippen molar-refractivity contribution in [3.8, 4) is 0 Å². The Kier molecular flexibility index (Phi) is 5.04. The Morgan fingerprint density at radius 1 is 1.20 bits per heavy atom. The summed E-state index contributed by atoms with van der Waals surface area (Å²) >= 11 is 9.37. The van der Waals surface area contributed by atoms with E-state index in [1.165, 1.54) is 6.92 Å². The fraction of sp³-hybridized carbons (Fsp3) is 0.133. The van der Waals surface area contributed by atoms with Crippen LogP contribution in [-0.4, -0.2) is 5.91 Å². The average Bonchev–Trinajstić information content (AvgIpc) is 2.39. The highest BCUT2D eigenvalue weighted by atomic mass is 79.9. The number of benzene rings is 2. The fourth-order valence-electron chi connectivity index (χ4n) is 1.74. The van der Waals surface area contributed by atoms with Gasteiger partial charge in [0.05, 0.1) is 0 Å². The summed E-state index contributed by atoms with van der Waals surface area (Å²) in [6, 6.07) is 13.3. The Labute approximate surface area is 131 Å².